The lowest BCUT2D eigenvalue weighted by Gasteiger charge is -2.29. The molecule has 24 heavy (non-hydrogen) atoms. The fourth-order valence-corrected chi connectivity index (χ4v) is 2.81. The molecular weight excluding hydrogens is 336 g/mol. The summed E-state index contributed by atoms with van der Waals surface area (Å²) in [5, 5.41) is 2.06. The maximum absolute atomic E-state index is 13.5. The van der Waals surface area contributed by atoms with Crippen molar-refractivity contribution in [1.29, 1.82) is 0 Å². The Labute approximate surface area is 132 Å². The van der Waals surface area contributed by atoms with Crippen LogP contribution >= 0.6 is 0 Å². The maximum Gasteiger partial charge on any atom is 0.573 e. The fourth-order valence-electron chi connectivity index (χ4n) is 2.81. The van der Waals surface area contributed by atoms with Crippen molar-refractivity contribution in [3.05, 3.63) is 29.1 Å². The molecule has 2 aliphatic heterocycles. The lowest BCUT2D eigenvalue weighted by atomic mass is 10.0. The van der Waals surface area contributed by atoms with Gasteiger partial charge in [-0.3, -0.25) is 19.7 Å². The first-order chi connectivity index (χ1) is 11.2. The van der Waals surface area contributed by atoms with Crippen LogP contribution in [-0.4, -0.2) is 35.0 Å². The molecule has 1 aromatic carbocycles. The normalized spacial score (nSPS) is 20.9. The first-order valence-electron chi connectivity index (χ1n) is 6.88. The Morgan fingerprint density at radius 2 is 1.92 bits per heavy atom. The molecule has 0 aromatic heterocycles. The Hall–Kier alpha value is -2.65. The summed E-state index contributed by atoms with van der Waals surface area (Å²) < 4.78 is 54.7. The molecule has 1 atom stereocenters. The van der Waals surface area contributed by atoms with E-state index in [0.29, 0.717) is 6.07 Å². The smallest absolute Gasteiger partial charge is 0.405 e. The van der Waals surface area contributed by atoms with Gasteiger partial charge in [-0.1, -0.05) is 0 Å². The highest BCUT2D eigenvalue weighted by atomic mass is 19.4. The number of nitrogens with zero attached hydrogens (tertiary/aromatic N) is 1. The number of hydrogen-bond donors (Lipinski definition) is 1. The number of benzene rings is 1. The summed E-state index contributed by atoms with van der Waals surface area (Å²) >= 11 is 0. The van der Waals surface area contributed by atoms with E-state index in [0.717, 1.165) is 11.0 Å². The molecule has 0 aliphatic carbocycles. The molecule has 3 rings (SSSR count). The monoisotopic (exact) mass is 346 g/mol. The summed E-state index contributed by atoms with van der Waals surface area (Å²) in [5.41, 5.74) is -0.442. The van der Waals surface area contributed by atoms with Crippen molar-refractivity contribution in [3.63, 3.8) is 0 Å². The average molecular weight is 346 g/mol. The van der Waals surface area contributed by atoms with Crippen LogP contribution in [0.4, 0.5) is 17.6 Å². The Balaban J connectivity index is 1.93. The van der Waals surface area contributed by atoms with E-state index in [9.17, 15) is 31.9 Å². The number of hydrogen-bond acceptors (Lipinski definition) is 4. The van der Waals surface area contributed by atoms with Gasteiger partial charge >= 0.3 is 6.36 Å². The second-order valence-electron chi connectivity index (χ2n) is 5.38. The third-order valence-corrected chi connectivity index (χ3v) is 3.81. The van der Waals surface area contributed by atoms with Gasteiger partial charge in [0.2, 0.25) is 11.8 Å². The van der Waals surface area contributed by atoms with E-state index in [1.807, 2.05) is 0 Å². The lowest BCUT2D eigenvalue weighted by Crippen LogP contribution is -2.52. The van der Waals surface area contributed by atoms with E-state index in [-0.39, 0.29) is 30.5 Å². The number of piperidine rings is 1. The van der Waals surface area contributed by atoms with Crippen molar-refractivity contribution in [2.75, 3.05) is 0 Å². The third kappa shape index (κ3) is 2.91. The fraction of sp³-hybridized carbons (Fsp3) is 0.357. The summed E-state index contributed by atoms with van der Waals surface area (Å²) in [6.45, 7) is -0.341. The van der Waals surface area contributed by atoms with Crippen molar-refractivity contribution < 1.29 is 36.7 Å². The summed E-state index contributed by atoms with van der Waals surface area (Å²) in [4.78, 5) is 36.4. The number of nitrogens with one attached hydrogen (secondary N) is 1. The van der Waals surface area contributed by atoms with Crippen molar-refractivity contribution in [3.8, 4) is 5.75 Å². The third-order valence-electron chi connectivity index (χ3n) is 3.81. The van der Waals surface area contributed by atoms with Gasteiger partial charge in [-0.05, 0) is 12.5 Å². The molecule has 0 saturated carbocycles. The maximum atomic E-state index is 13.5. The van der Waals surface area contributed by atoms with Crippen LogP contribution in [0.25, 0.3) is 0 Å². The molecule has 1 N–H and O–H groups in total. The number of ether oxygens (including phenoxy) is 1. The second kappa shape index (κ2) is 5.46. The van der Waals surface area contributed by atoms with Crippen LogP contribution < -0.4 is 10.1 Å². The summed E-state index contributed by atoms with van der Waals surface area (Å²) in [7, 11) is 0. The Morgan fingerprint density at radius 1 is 1.21 bits per heavy atom. The quantitative estimate of drug-likeness (QED) is 0.650. The van der Waals surface area contributed by atoms with E-state index in [1.54, 1.807) is 0 Å². The van der Waals surface area contributed by atoms with E-state index < -0.39 is 41.7 Å². The second-order valence-corrected chi connectivity index (χ2v) is 5.38. The SMILES string of the molecule is O=C1CCC(N2Cc3c(OC(F)(F)F)cc(F)cc3C2=O)C(=O)N1. The molecular formula is C14H10F4N2O4. The van der Waals surface area contributed by atoms with Gasteiger partial charge in [0.25, 0.3) is 5.91 Å². The predicted molar refractivity (Wildman–Crippen MR) is 69.1 cm³/mol. The number of rotatable bonds is 2. The number of carbonyl (C=O) groups is 3. The molecule has 0 spiro atoms. The van der Waals surface area contributed by atoms with Gasteiger partial charge in [0, 0.05) is 18.1 Å². The summed E-state index contributed by atoms with van der Waals surface area (Å²) in [6, 6.07) is 0.324. The number of halogens is 4. The van der Waals surface area contributed by atoms with Crippen LogP contribution in [0, 0.1) is 5.82 Å². The van der Waals surface area contributed by atoms with E-state index in [2.05, 4.69) is 10.1 Å². The molecule has 0 radical (unpaired) electrons. The molecule has 3 amide bonds. The largest absolute Gasteiger partial charge is 0.573 e. The van der Waals surface area contributed by atoms with Crippen LogP contribution in [0.1, 0.15) is 28.8 Å². The number of amides is 3. The highest BCUT2D eigenvalue weighted by molar-refractivity contribution is 6.05. The van der Waals surface area contributed by atoms with Crippen molar-refractivity contribution in [2.24, 2.45) is 0 Å². The number of fused-ring (bicyclic) bond motifs is 1. The van der Waals surface area contributed by atoms with Gasteiger partial charge in [0.05, 0.1) is 12.1 Å². The molecule has 2 aliphatic rings. The number of alkyl halides is 3. The molecule has 1 saturated heterocycles. The van der Waals surface area contributed by atoms with Crippen LogP contribution in [0.3, 0.4) is 0 Å². The van der Waals surface area contributed by atoms with Crippen molar-refractivity contribution in [1.82, 2.24) is 10.2 Å². The topological polar surface area (TPSA) is 75.7 Å². The van der Waals surface area contributed by atoms with Gasteiger partial charge < -0.3 is 9.64 Å². The van der Waals surface area contributed by atoms with Gasteiger partial charge in [-0.25, -0.2) is 4.39 Å². The molecule has 1 unspecified atom stereocenters. The minimum atomic E-state index is -5.05. The number of imide groups is 1. The average Bonchev–Trinajstić information content (AvgIpc) is 2.75. The van der Waals surface area contributed by atoms with Crippen molar-refractivity contribution in [2.45, 2.75) is 31.8 Å². The minimum Gasteiger partial charge on any atom is -0.405 e. The van der Waals surface area contributed by atoms with Gasteiger partial charge in [0.1, 0.15) is 17.6 Å². The number of carbonyl (C=O) groups excluding carboxylic acids is 3. The van der Waals surface area contributed by atoms with Crippen molar-refractivity contribution >= 4 is 17.7 Å². The molecule has 2 heterocycles. The molecule has 1 fully saturated rings. The summed E-state index contributed by atoms with van der Waals surface area (Å²) in [5.74, 6) is -3.88. The molecule has 10 heteroatoms. The highest BCUT2D eigenvalue weighted by Gasteiger charge is 2.42. The lowest BCUT2D eigenvalue weighted by molar-refractivity contribution is -0.275. The Kier molecular flexibility index (Phi) is 3.69. The van der Waals surface area contributed by atoms with Crippen LogP contribution in [-0.2, 0) is 16.1 Å². The zero-order valence-corrected chi connectivity index (χ0v) is 11.9. The first kappa shape index (κ1) is 16.2. The molecule has 6 nitrogen and oxygen atoms in total. The minimum absolute atomic E-state index is 0.00317. The highest BCUT2D eigenvalue weighted by Crippen LogP contribution is 2.36. The zero-order chi connectivity index (χ0) is 17.6. The van der Waals surface area contributed by atoms with Crippen LogP contribution in [0.2, 0.25) is 0 Å². The Morgan fingerprint density at radius 3 is 2.54 bits per heavy atom. The molecule has 1 aromatic rings. The molecule has 0 bridgehead atoms. The van der Waals surface area contributed by atoms with Gasteiger partial charge in [0.15, 0.2) is 0 Å². The standard InChI is InChI=1S/C14H10F4N2O4/c15-6-3-7-8(10(4-6)24-14(16,17)18)5-20(13(7)23)9-1-2-11(21)19-12(9)22/h3-4,9H,1-2,5H2,(H,19,21,22). The van der Waals surface area contributed by atoms with Crippen LogP contribution in [0.5, 0.6) is 5.75 Å². The Bertz CT molecular complexity index is 747. The first-order valence-corrected chi connectivity index (χ1v) is 6.88. The zero-order valence-electron chi connectivity index (χ0n) is 11.9. The summed E-state index contributed by atoms with van der Waals surface area (Å²) in [6.07, 6.45) is -5.01. The van der Waals surface area contributed by atoms with Gasteiger partial charge in [-0.2, -0.15) is 0 Å². The van der Waals surface area contributed by atoms with Crippen LogP contribution in [0.15, 0.2) is 12.1 Å². The van der Waals surface area contributed by atoms with E-state index in [4.69, 9.17) is 0 Å². The molecule has 128 valence electrons. The van der Waals surface area contributed by atoms with E-state index >= 15 is 0 Å². The van der Waals surface area contributed by atoms with E-state index in [1.165, 1.54) is 0 Å². The van der Waals surface area contributed by atoms with Gasteiger partial charge in [-0.15, -0.1) is 13.2 Å². The predicted octanol–water partition coefficient (Wildman–Crippen LogP) is 1.49.